The Morgan fingerprint density at radius 3 is 2.50 bits per heavy atom. The minimum atomic E-state index is 0.977. The van der Waals surface area contributed by atoms with Crippen LogP contribution in [0.4, 0.5) is 0 Å². The van der Waals surface area contributed by atoms with E-state index in [1.165, 1.54) is 11.8 Å². The highest BCUT2D eigenvalue weighted by atomic mass is 32.2. The number of rotatable bonds is 4. The summed E-state index contributed by atoms with van der Waals surface area (Å²) in [7, 11) is 0. The summed E-state index contributed by atoms with van der Waals surface area (Å²) in [6.07, 6.45) is 10.8. The van der Waals surface area contributed by atoms with Gasteiger partial charge in [0.15, 0.2) is 0 Å². The summed E-state index contributed by atoms with van der Waals surface area (Å²) in [6.45, 7) is 8.02. The lowest BCUT2D eigenvalue weighted by atomic mass is 10.3. The highest BCUT2D eigenvalue weighted by molar-refractivity contribution is 8.07. The molecule has 0 fully saturated rings. The predicted octanol–water partition coefficient (Wildman–Crippen LogP) is 4.65. The van der Waals surface area contributed by atoms with E-state index in [9.17, 15) is 0 Å². The molecule has 0 atom stereocenters. The van der Waals surface area contributed by atoms with Gasteiger partial charge in [-0.3, -0.25) is 0 Å². The summed E-state index contributed by atoms with van der Waals surface area (Å²) in [6, 6.07) is 0. The van der Waals surface area contributed by atoms with Crippen molar-refractivity contribution < 1.29 is 0 Å². The van der Waals surface area contributed by atoms with Crippen molar-refractivity contribution in [2.75, 3.05) is 0 Å². The quantitative estimate of drug-likeness (QED) is 0.497. The van der Waals surface area contributed by atoms with Crippen molar-refractivity contribution in [3.8, 4) is 5.40 Å². The van der Waals surface area contributed by atoms with Crippen LogP contribution in [0.25, 0.3) is 0 Å². The van der Waals surface area contributed by atoms with E-state index in [4.69, 9.17) is 5.26 Å². The number of allylic oxidation sites excluding steroid dienone is 5. The van der Waals surface area contributed by atoms with Gasteiger partial charge in [-0.05, 0) is 31.2 Å². The first-order valence-electron chi connectivity index (χ1n) is 4.90. The van der Waals surface area contributed by atoms with Crippen LogP contribution < -0.4 is 0 Å². The molecule has 0 saturated carbocycles. The summed E-state index contributed by atoms with van der Waals surface area (Å²) in [5, 5.41) is 10.5. The minimum absolute atomic E-state index is 0.977. The first kappa shape index (κ1) is 15.5. The lowest BCUT2D eigenvalue weighted by molar-refractivity contribution is 1.22. The molecule has 0 aliphatic rings. The molecule has 2 heteroatoms. The predicted molar refractivity (Wildman–Crippen MR) is 66.9 cm³/mol. The zero-order valence-electron chi connectivity index (χ0n) is 9.45. The molecule has 0 saturated heterocycles. The Hall–Kier alpha value is -0.940. The Labute approximate surface area is 92.2 Å². The number of nitrogens with zero attached hydrogens (tertiary/aromatic N) is 1. The molecule has 14 heavy (non-hydrogen) atoms. The van der Waals surface area contributed by atoms with Gasteiger partial charge >= 0.3 is 0 Å². The van der Waals surface area contributed by atoms with Crippen molar-refractivity contribution >= 4 is 11.8 Å². The van der Waals surface area contributed by atoms with Gasteiger partial charge < -0.3 is 0 Å². The van der Waals surface area contributed by atoms with Gasteiger partial charge in [-0.2, -0.15) is 5.26 Å². The lowest BCUT2D eigenvalue weighted by Crippen LogP contribution is -1.65. The number of thioether (sulfide) groups is 1. The molecule has 78 valence electrons. The largest absolute Gasteiger partial charge is 0.185 e. The molecule has 0 unspecified atom stereocenters. The smallest absolute Gasteiger partial charge is 0.138 e. The minimum Gasteiger partial charge on any atom is -0.185 e. The van der Waals surface area contributed by atoms with Gasteiger partial charge in [0.05, 0.1) is 0 Å². The van der Waals surface area contributed by atoms with E-state index in [2.05, 4.69) is 13.0 Å². The summed E-state index contributed by atoms with van der Waals surface area (Å²) in [5.41, 5.74) is 0. The molecule has 0 amide bonds. The summed E-state index contributed by atoms with van der Waals surface area (Å²) >= 11 is 1.18. The summed E-state index contributed by atoms with van der Waals surface area (Å²) < 4.78 is 0. The Morgan fingerprint density at radius 1 is 1.43 bits per heavy atom. The lowest BCUT2D eigenvalue weighted by Gasteiger charge is -1.88. The zero-order chi connectivity index (χ0) is 11.2. The van der Waals surface area contributed by atoms with Crippen LogP contribution in [0.15, 0.2) is 35.3 Å². The van der Waals surface area contributed by atoms with E-state index in [1.807, 2.05) is 50.5 Å². The number of hydrogen-bond donors (Lipinski definition) is 0. The van der Waals surface area contributed by atoms with Crippen LogP contribution in [0, 0.1) is 10.7 Å². The molecule has 0 aromatic heterocycles. The average Bonchev–Trinajstić information content (AvgIpc) is 2.22. The van der Waals surface area contributed by atoms with E-state index >= 15 is 0 Å². The first-order chi connectivity index (χ1) is 6.85. The Bertz CT molecular complexity index is 231. The van der Waals surface area contributed by atoms with Crippen LogP contribution >= 0.6 is 11.8 Å². The molecule has 1 nitrogen and oxygen atoms in total. The maximum absolute atomic E-state index is 8.43. The van der Waals surface area contributed by atoms with Crippen LogP contribution in [0.5, 0.6) is 0 Å². The maximum atomic E-state index is 8.43. The van der Waals surface area contributed by atoms with Crippen LogP contribution in [-0.4, -0.2) is 0 Å². The molecule has 0 aliphatic heterocycles. The normalized spacial score (nSPS) is 11.2. The van der Waals surface area contributed by atoms with Gasteiger partial charge in [0.25, 0.3) is 0 Å². The third kappa shape index (κ3) is 11.1. The number of nitriles is 1. The van der Waals surface area contributed by atoms with Crippen molar-refractivity contribution in [3.05, 3.63) is 35.3 Å². The Balaban J connectivity index is 0. The topological polar surface area (TPSA) is 23.8 Å². The summed E-state index contributed by atoms with van der Waals surface area (Å²) in [4.78, 5) is 0.977. The van der Waals surface area contributed by atoms with Crippen molar-refractivity contribution in [2.45, 2.75) is 34.1 Å². The van der Waals surface area contributed by atoms with E-state index in [0.717, 1.165) is 11.3 Å². The molecule has 0 heterocycles. The molecule has 0 radical (unpaired) electrons. The van der Waals surface area contributed by atoms with Gasteiger partial charge in [-0.1, -0.05) is 45.1 Å². The molecule has 0 rings (SSSR count). The molecule has 0 bridgehead atoms. The Morgan fingerprint density at radius 2 is 2.07 bits per heavy atom. The summed E-state index contributed by atoms with van der Waals surface area (Å²) in [5.74, 6) is 0. The third-order valence-electron chi connectivity index (χ3n) is 1.13. The number of hydrogen-bond acceptors (Lipinski definition) is 2. The molecule has 0 N–H and O–H groups in total. The molecule has 0 aromatic rings. The van der Waals surface area contributed by atoms with Crippen LogP contribution in [0.1, 0.15) is 34.1 Å². The van der Waals surface area contributed by atoms with Crippen LogP contribution in [-0.2, 0) is 0 Å². The fraction of sp³-hybridized carbons (Fsp3) is 0.417. The molecule has 0 aromatic carbocycles. The zero-order valence-corrected chi connectivity index (χ0v) is 10.3. The van der Waals surface area contributed by atoms with Gasteiger partial charge in [0.1, 0.15) is 5.40 Å². The average molecular weight is 209 g/mol. The Kier molecular flexibility index (Phi) is 16.2. The fourth-order valence-corrected chi connectivity index (χ4v) is 1.10. The highest BCUT2D eigenvalue weighted by Crippen LogP contribution is 2.15. The van der Waals surface area contributed by atoms with Crippen LogP contribution in [0.2, 0.25) is 0 Å². The fourth-order valence-electron chi connectivity index (χ4n) is 0.640. The van der Waals surface area contributed by atoms with Crippen molar-refractivity contribution in [3.63, 3.8) is 0 Å². The first-order valence-corrected chi connectivity index (χ1v) is 5.72. The highest BCUT2D eigenvalue weighted by Gasteiger charge is 1.87. The van der Waals surface area contributed by atoms with Gasteiger partial charge in [0, 0.05) is 4.91 Å². The standard InChI is InChI=1S/C10H13NS.C2H6/c1-3-5-6-8-10(7-4-2)12-9-11;1-2/h4-8H,3H2,1-2H3;1-2H3/b6-5-,7-4-,10-8+;. The SMILES string of the molecule is CC.C\C=C/C(=C\C=C/CC)SC#N. The maximum Gasteiger partial charge on any atom is 0.138 e. The second-order valence-corrected chi connectivity index (χ2v) is 2.96. The second kappa shape index (κ2) is 14.6. The number of thiocyanates is 1. The second-order valence-electron chi connectivity index (χ2n) is 2.10. The molecule has 0 spiro atoms. The van der Waals surface area contributed by atoms with E-state index in [0.29, 0.717) is 0 Å². The van der Waals surface area contributed by atoms with Crippen molar-refractivity contribution in [2.24, 2.45) is 0 Å². The van der Waals surface area contributed by atoms with Crippen LogP contribution in [0.3, 0.4) is 0 Å². The van der Waals surface area contributed by atoms with E-state index < -0.39 is 0 Å². The third-order valence-corrected chi connectivity index (χ3v) is 1.73. The van der Waals surface area contributed by atoms with E-state index in [1.54, 1.807) is 0 Å². The van der Waals surface area contributed by atoms with Crippen molar-refractivity contribution in [1.29, 1.82) is 5.26 Å². The van der Waals surface area contributed by atoms with Gasteiger partial charge in [0.2, 0.25) is 0 Å². The van der Waals surface area contributed by atoms with E-state index in [-0.39, 0.29) is 0 Å². The van der Waals surface area contributed by atoms with Crippen molar-refractivity contribution in [1.82, 2.24) is 0 Å². The van der Waals surface area contributed by atoms with Gasteiger partial charge in [-0.25, -0.2) is 0 Å². The monoisotopic (exact) mass is 209 g/mol. The molecular weight excluding hydrogens is 190 g/mol. The molecular formula is C12H19NS. The molecule has 0 aliphatic carbocycles. The van der Waals surface area contributed by atoms with Gasteiger partial charge in [-0.15, -0.1) is 0 Å².